The number of anilines is 1. The van der Waals surface area contributed by atoms with Crippen molar-refractivity contribution in [2.75, 3.05) is 26.6 Å². The summed E-state index contributed by atoms with van der Waals surface area (Å²) in [7, 11) is 4.52. The van der Waals surface area contributed by atoms with Crippen LogP contribution < -0.4 is 19.5 Å². The lowest BCUT2D eigenvalue weighted by Gasteiger charge is -2.14. The Labute approximate surface area is 178 Å². The van der Waals surface area contributed by atoms with Crippen molar-refractivity contribution in [2.45, 2.75) is 6.92 Å². The topological polar surface area (TPSA) is 99.9 Å². The fraction of sp³-hybridized carbons (Fsp3) is 0.182. The number of carbonyl (C=O) groups excluding carboxylic acids is 1. The summed E-state index contributed by atoms with van der Waals surface area (Å²) in [5.41, 5.74) is 3.40. The molecule has 2 aromatic carbocycles. The van der Waals surface area contributed by atoms with E-state index < -0.39 is 0 Å². The van der Waals surface area contributed by atoms with Crippen LogP contribution in [0.5, 0.6) is 17.2 Å². The molecule has 0 aliphatic rings. The van der Waals surface area contributed by atoms with Crippen LogP contribution in [-0.2, 0) is 0 Å². The minimum Gasteiger partial charge on any atom is -0.493 e. The van der Waals surface area contributed by atoms with Crippen molar-refractivity contribution in [1.29, 1.82) is 0 Å². The van der Waals surface area contributed by atoms with Crippen molar-refractivity contribution in [3.05, 3.63) is 59.9 Å². The van der Waals surface area contributed by atoms with Crippen LogP contribution >= 0.6 is 0 Å². The van der Waals surface area contributed by atoms with Gasteiger partial charge in [0.05, 0.1) is 27.0 Å². The SMILES string of the molecule is COc1cc(C(=O)Nc2ccc(-c3ccc4nnc(C)n4n3)cc2)cc(OC)c1OC. The van der Waals surface area contributed by atoms with Gasteiger partial charge in [-0.1, -0.05) is 12.1 Å². The molecule has 1 N–H and O–H groups in total. The summed E-state index contributed by atoms with van der Waals surface area (Å²) in [5, 5.41) is 15.5. The first-order valence-corrected chi connectivity index (χ1v) is 9.45. The van der Waals surface area contributed by atoms with E-state index in [1.165, 1.54) is 21.3 Å². The second-order valence-electron chi connectivity index (χ2n) is 6.68. The van der Waals surface area contributed by atoms with E-state index in [1.54, 1.807) is 16.6 Å². The number of methoxy groups -OCH3 is 3. The maximum absolute atomic E-state index is 12.8. The summed E-state index contributed by atoms with van der Waals surface area (Å²) < 4.78 is 17.6. The summed E-state index contributed by atoms with van der Waals surface area (Å²) in [6, 6.07) is 14.4. The van der Waals surface area contributed by atoms with E-state index in [-0.39, 0.29) is 5.91 Å². The van der Waals surface area contributed by atoms with Crippen LogP contribution in [0.2, 0.25) is 0 Å². The number of carbonyl (C=O) groups is 1. The molecule has 0 radical (unpaired) electrons. The van der Waals surface area contributed by atoms with E-state index >= 15 is 0 Å². The number of hydrogen-bond donors (Lipinski definition) is 1. The van der Waals surface area contributed by atoms with Gasteiger partial charge in [-0.05, 0) is 43.3 Å². The van der Waals surface area contributed by atoms with E-state index in [2.05, 4.69) is 20.6 Å². The minimum atomic E-state index is -0.299. The molecule has 0 saturated heterocycles. The molecule has 0 fully saturated rings. The molecule has 2 heterocycles. The molecule has 4 rings (SSSR count). The lowest BCUT2D eigenvalue weighted by atomic mass is 10.1. The first-order chi connectivity index (χ1) is 15.0. The van der Waals surface area contributed by atoms with Gasteiger partial charge in [-0.3, -0.25) is 4.79 Å². The van der Waals surface area contributed by atoms with Crippen molar-refractivity contribution < 1.29 is 19.0 Å². The highest BCUT2D eigenvalue weighted by molar-refractivity contribution is 6.05. The van der Waals surface area contributed by atoms with Crippen LogP contribution in [0.25, 0.3) is 16.9 Å². The largest absolute Gasteiger partial charge is 0.493 e. The van der Waals surface area contributed by atoms with Crippen LogP contribution in [0.15, 0.2) is 48.5 Å². The number of aryl methyl sites for hydroxylation is 1. The average molecular weight is 419 g/mol. The molecule has 0 aliphatic carbocycles. The number of benzene rings is 2. The molecule has 0 aliphatic heterocycles. The van der Waals surface area contributed by atoms with Crippen molar-refractivity contribution in [1.82, 2.24) is 19.8 Å². The summed E-state index contributed by atoms with van der Waals surface area (Å²) in [6.07, 6.45) is 0. The zero-order valence-corrected chi connectivity index (χ0v) is 17.5. The number of hydrogen-bond acceptors (Lipinski definition) is 7. The second kappa shape index (κ2) is 8.31. The van der Waals surface area contributed by atoms with Gasteiger partial charge < -0.3 is 19.5 Å². The molecule has 31 heavy (non-hydrogen) atoms. The molecule has 158 valence electrons. The Balaban J connectivity index is 1.56. The molecule has 9 nitrogen and oxygen atoms in total. The van der Waals surface area contributed by atoms with Gasteiger partial charge in [-0.2, -0.15) is 9.61 Å². The molecule has 0 unspecified atom stereocenters. The highest BCUT2D eigenvalue weighted by Gasteiger charge is 2.17. The summed E-state index contributed by atoms with van der Waals surface area (Å²) in [5.74, 6) is 1.66. The van der Waals surface area contributed by atoms with Crippen LogP contribution in [0, 0.1) is 6.92 Å². The standard InChI is InChI=1S/C22H21N5O4/c1-13-24-25-20-10-9-17(26-27(13)20)14-5-7-16(8-6-14)23-22(28)15-11-18(29-2)21(31-4)19(12-15)30-3/h5-12H,1-4H3,(H,23,28). The van der Waals surface area contributed by atoms with Crippen LogP contribution in [0.1, 0.15) is 16.2 Å². The maximum Gasteiger partial charge on any atom is 0.255 e. The molecule has 0 spiro atoms. The molecule has 0 atom stereocenters. The smallest absolute Gasteiger partial charge is 0.255 e. The maximum atomic E-state index is 12.8. The normalized spacial score (nSPS) is 10.7. The van der Waals surface area contributed by atoms with Gasteiger partial charge in [0.2, 0.25) is 5.75 Å². The van der Waals surface area contributed by atoms with Crippen molar-refractivity contribution in [3.8, 4) is 28.5 Å². The molecule has 4 aromatic rings. The van der Waals surface area contributed by atoms with Gasteiger partial charge in [0.25, 0.3) is 5.91 Å². The van der Waals surface area contributed by atoms with E-state index in [4.69, 9.17) is 14.2 Å². The zero-order valence-electron chi connectivity index (χ0n) is 17.5. The first kappa shape index (κ1) is 20.1. The summed E-state index contributed by atoms with van der Waals surface area (Å²) >= 11 is 0. The van der Waals surface area contributed by atoms with Crippen LogP contribution in [-0.4, -0.2) is 47.0 Å². The van der Waals surface area contributed by atoms with E-state index in [0.717, 1.165) is 11.3 Å². The van der Waals surface area contributed by atoms with E-state index in [1.807, 2.05) is 43.3 Å². The highest BCUT2D eigenvalue weighted by Crippen LogP contribution is 2.38. The van der Waals surface area contributed by atoms with Gasteiger partial charge in [0.1, 0.15) is 0 Å². The third-order valence-corrected chi connectivity index (χ3v) is 4.78. The zero-order chi connectivity index (χ0) is 22.0. The number of aromatic nitrogens is 4. The van der Waals surface area contributed by atoms with Gasteiger partial charge >= 0.3 is 0 Å². The Morgan fingerprint density at radius 2 is 1.58 bits per heavy atom. The molecule has 2 aromatic heterocycles. The predicted molar refractivity (Wildman–Crippen MR) is 115 cm³/mol. The Kier molecular flexibility index (Phi) is 5.40. The fourth-order valence-corrected chi connectivity index (χ4v) is 3.19. The Morgan fingerprint density at radius 1 is 0.903 bits per heavy atom. The van der Waals surface area contributed by atoms with Crippen molar-refractivity contribution >= 4 is 17.2 Å². The number of ether oxygens (including phenoxy) is 3. The Bertz CT molecular complexity index is 1230. The number of nitrogens with zero attached hydrogens (tertiary/aromatic N) is 4. The van der Waals surface area contributed by atoms with Gasteiger partial charge in [0, 0.05) is 16.8 Å². The number of fused-ring (bicyclic) bond motifs is 1. The molecule has 0 bridgehead atoms. The Hall–Kier alpha value is -4.14. The highest BCUT2D eigenvalue weighted by atomic mass is 16.5. The second-order valence-corrected chi connectivity index (χ2v) is 6.68. The molecule has 1 amide bonds. The van der Waals surface area contributed by atoms with Crippen molar-refractivity contribution in [3.63, 3.8) is 0 Å². The molecular weight excluding hydrogens is 398 g/mol. The lowest BCUT2D eigenvalue weighted by molar-refractivity contribution is 0.102. The summed E-state index contributed by atoms with van der Waals surface area (Å²) in [4.78, 5) is 12.8. The third kappa shape index (κ3) is 3.85. The van der Waals surface area contributed by atoms with E-state index in [0.29, 0.717) is 40.0 Å². The van der Waals surface area contributed by atoms with Crippen molar-refractivity contribution in [2.24, 2.45) is 0 Å². The number of nitrogens with one attached hydrogen (secondary N) is 1. The van der Waals surface area contributed by atoms with E-state index in [9.17, 15) is 4.79 Å². The number of rotatable bonds is 6. The van der Waals surface area contributed by atoms with Gasteiger partial charge in [-0.25, -0.2) is 0 Å². The third-order valence-electron chi connectivity index (χ3n) is 4.78. The van der Waals surface area contributed by atoms with Crippen LogP contribution in [0.4, 0.5) is 5.69 Å². The average Bonchev–Trinajstić information content (AvgIpc) is 3.18. The quantitative estimate of drug-likeness (QED) is 0.511. The fourth-order valence-electron chi connectivity index (χ4n) is 3.19. The van der Waals surface area contributed by atoms with Gasteiger partial charge in [-0.15, -0.1) is 10.2 Å². The predicted octanol–water partition coefficient (Wildman–Crippen LogP) is 3.38. The molecule has 0 saturated carbocycles. The molecule has 9 heteroatoms. The Morgan fingerprint density at radius 3 is 2.19 bits per heavy atom. The van der Waals surface area contributed by atoms with Crippen LogP contribution in [0.3, 0.4) is 0 Å². The minimum absolute atomic E-state index is 0.299. The summed E-state index contributed by atoms with van der Waals surface area (Å²) in [6.45, 7) is 1.85. The van der Waals surface area contributed by atoms with Gasteiger partial charge in [0.15, 0.2) is 23.0 Å². The first-order valence-electron chi connectivity index (χ1n) is 9.45. The lowest BCUT2D eigenvalue weighted by Crippen LogP contribution is -2.12. The number of amides is 1. The monoisotopic (exact) mass is 419 g/mol. The molecular formula is C22H21N5O4.